The van der Waals surface area contributed by atoms with E-state index in [1.165, 1.54) is 12.1 Å². The zero-order valence-electron chi connectivity index (χ0n) is 16.2. The molecule has 0 aliphatic carbocycles. The monoisotopic (exact) mass is 432 g/mol. The summed E-state index contributed by atoms with van der Waals surface area (Å²) in [5.41, 5.74) is 2.03. The second-order valence-electron chi connectivity index (χ2n) is 5.80. The third kappa shape index (κ3) is 14.1. The van der Waals surface area contributed by atoms with Gasteiger partial charge in [0.2, 0.25) is 0 Å². The third-order valence-corrected chi connectivity index (χ3v) is 3.41. The molecular formula is C18H28N2O8S. The van der Waals surface area contributed by atoms with E-state index < -0.39 is 10.4 Å². The Bertz CT molecular complexity index is 780. The number of aromatic hydroxyl groups is 4. The van der Waals surface area contributed by atoms with Crippen molar-refractivity contribution in [2.75, 3.05) is 27.2 Å². The van der Waals surface area contributed by atoms with E-state index in [0.29, 0.717) is 0 Å². The lowest BCUT2D eigenvalue weighted by Gasteiger charge is -2.02. The van der Waals surface area contributed by atoms with Gasteiger partial charge in [0.05, 0.1) is 0 Å². The van der Waals surface area contributed by atoms with Crippen molar-refractivity contribution >= 4 is 10.4 Å². The summed E-state index contributed by atoms with van der Waals surface area (Å²) >= 11 is 0. The molecule has 0 spiro atoms. The summed E-state index contributed by atoms with van der Waals surface area (Å²) in [6.07, 6.45) is 1.70. The molecule has 11 heteroatoms. The Morgan fingerprint density at radius 1 is 0.690 bits per heavy atom. The number of nitrogens with one attached hydrogen (secondary N) is 2. The van der Waals surface area contributed by atoms with E-state index in [9.17, 15) is 0 Å². The topological polar surface area (TPSA) is 180 Å². The normalized spacial score (nSPS) is 10.3. The molecule has 0 bridgehead atoms. The number of phenols is 4. The Kier molecular flexibility index (Phi) is 12.4. The fourth-order valence-electron chi connectivity index (χ4n) is 1.99. The first kappa shape index (κ1) is 26.4. The van der Waals surface area contributed by atoms with Crippen LogP contribution in [-0.2, 0) is 23.2 Å². The van der Waals surface area contributed by atoms with Crippen LogP contribution in [0.25, 0.3) is 0 Å². The van der Waals surface area contributed by atoms with Crippen molar-refractivity contribution < 1.29 is 37.9 Å². The van der Waals surface area contributed by atoms with Crippen LogP contribution in [-0.4, -0.2) is 65.1 Å². The maximum absolute atomic E-state index is 9.13. The van der Waals surface area contributed by atoms with Gasteiger partial charge in [0.25, 0.3) is 0 Å². The van der Waals surface area contributed by atoms with Crippen LogP contribution in [0.15, 0.2) is 36.4 Å². The molecule has 164 valence electrons. The summed E-state index contributed by atoms with van der Waals surface area (Å²) in [5.74, 6) is -0.237. The van der Waals surface area contributed by atoms with Crippen molar-refractivity contribution in [2.24, 2.45) is 0 Å². The first-order valence-electron chi connectivity index (χ1n) is 8.48. The molecule has 0 heterocycles. The molecule has 0 unspecified atom stereocenters. The molecule has 0 saturated carbocycles. The van der Waals surface area contributed by atoms with E-state index >= 15 is 0 Å². The number of hydrogen-bond donors (Lipinski definition) is 8. The highest BCUT2D eigenvalue weighted by atomic mass is 32.3. The van der Waals surface area contributed by atoms with Gasteiger partial charge < -0.3 is 31.1 Å². The smallest absolute Gasteiger partial charge is 0.394 e. The van der Waals surface area contributed by atoms with E-state index in [1.807, 2.05) is 14.1 Å². The molecule has 0 radical (unpaired) electrons. The van der Waals surface area contributed by atoms with Gasteiger partial charge in [-0.3, -0.25) is 9.11 Å². The van der Waals surface area contributed by atoms with Gasteiger partial charge in [-0.15, -0.1) is 0 Å². The average Bonchev–Trinajstić information content (AvgIpc) is 2.63. The minimum atomic E-state index is -4.67. The van der Waals surface area contributed by atoms with Gasteiger partial charge >= 0.3 is 10.4 Å². The molecule has 0 fully saturated rings. The number of hydrogen-bond acceptors (Lipinski definition) is 8. The molecule has 2 aromatic carbocycles. The fourth-order valence-corrected chi connectivity index (χ4v) is 1.99. The highest BCUT2D eigenvalue weighted by Crippen LogP contribution is 2.25. The van der Waals surface area contributed by atoms with Gasteiger partial charge in [0.1, 0.15) is 0 Å². The molecule has 0 saturated heterocycles. The standard InChI is InChI=1S/2C9H13NO2.H2O4S/c2*1-10-5-4-7-2-3-8(11)9(12)6-7;1-5(2,3)4/h2*2-3,6,10-12H,4-5H2,1H3;(H2,1,2,3,4). The van der Waals surface area contributed by atoms with E-state index in [2.05, 4.69) is 10.6 Å². The van der Waals surface area contributed by atoms with Crippen molar-refractivity contribution in [3.8, 4) is 23.0 Å². The molecule has 2 aromatic rings. The first-order valence-corrected chi connectivity index (χ1v) is 9.88. The van der Waals surface area contributed by atoms with Crippen LogP contribution in [0.2, 0.25) is 0 Å². The van der Waals surface area contributed by atoms with Crippen LogP contribution in [0.1, 0.15) is 11.1 Å². The predicted molar refractivity (Wildman–Crippen MR) is 109 cm³/mol. The van der Waals surface area contributed by atoms with Crippen molar-refractivity contribution in [1.29, 1.82) is 0 Å². The first-order chi connectivity index (χ1) is 13.5. The zero-order chi connectivity index (χ0) is 22.4. The lowest BCUT2D eigenvalue weighted by atomic mass is 10.1. The summed E-state index contributed by atoms with van der Waals surface area (Å²) < 4.78 is 31.6. The van der Waals surface area contributed by atoms with Crippen LogP contribution in [0.4, 0.5) is 0 Å². The summed E-state index contributed by atoms with van der Waals surface area (Å²) in [6.45, 7) is 1.73. The number of likely N-dealkylation sites (N-methyl/N-ethyl adjacent to an activating group) is 2. The van der Waals surface area contributed by atoms with E-state index in [4.69, 9.17) is 37.9 Å². The highest BCUT2D eigenvalue weighted by molar-refractivity contribution is 7.79. The maximum Gasteiger partial charge on any atom is 0.394 e. The van der Waals surface area contributed by atoms with E-state index in [1.54, 1.807) is 24.3 Å². The Morgan fingerprint density at radius 2 is 1.00 bits per heavy atom. The van der Waals surface area contributed by atoms with Crippen LogP contribution in [0.3, 0.4) is 0 Å². The number of benzene rings is 2. The van der Waals surface area contributed by atoms with Gasteiger partial charge in [0.15, 0.2) is 23.0 Å². The predicted octanol–water partition coefficient (Wildman–Crippen LogP) is 1.07. The van der Waals surface area contributed by atoms with Crippen LogP contribution < -0.4 is 10.6 Å². The van der Waals surface area contributed by atoms with Crippen LogP contribution in [0.5, 0.6) is 23.0 Å². The SMILES string of the molecule is CNCCc1ccc(O)c(O)c1.CNCCc1ccc(O)c(O)c1.O=S(=O)(O)O. The van der Waals surface area contributed by atoms with E-state index in [0.717, 1.165) is 37.1 Å². The summed E-state index contributed by atoms with van der Waals surface area (Å²) in [6, 6.07) is 9.75. The summed E-state index contributed by atoms with van der Waals surface area (Å²) in [5, 5.41) is 42.3. The van der Waals surface area contributed by atoms with Crippen molar-refractivity contribution in [3.05, 3.63) is 47.5 Å². The quantitative estimate of drug-likeness (QED) is 0.243. The van der Waals surface area contributed by atoms with E-state index in [-0.39, 0.29) is 23.0 Å². The molecule has 29 heavy (non-hydrogen) atoms. The Labute approximate surface area is 170 Å². The van der Waals surface area contributed by atoms with Gasteiger partial charge in [-0.05, 0) is 75.4 Å². The Hall–Kier alpha value is -2.57. The van der Waals surface area contributed by atoms with Gasteiger partial charge in [0, 0.05) is 0 Å². The highest BCUT2D eigenvalue weighted by Gasteiger charge is 2.00. The lowest BCUT2D eigenvalue weighted by Crippen LogP contribution is -2.09. The molecule has 2 rings (SSSR count). The number of phenolic OH excluding ortho intramolecular Hbond substituents is 4. The van der Waals surface area contributed by atoms with Gasteiger partial charge in [-0.25, -0.2) is 0 Å². The fraction of sp³-hybridized carbons (Fsp3) is 0.333. The molecular weight excluding hydrogens is 404 g/mol. The van der Waals surface area contributed by atoms with Gasteiger partial charge in [-0.2, -0.15) is 8.42 Å². The Morgan fingerprint density at radius 3 is 1.24 bits per heavy atom. The minimum absolute atomic E-state index is 0.0522. The number of rotatable bonds is 6. The lowest BCUT2D eigenvalue weighted by molar-refractivity contribution is 0.381. The van der Waals surface area contributed by atoms with Crippen molar-refractivity contribution in [2.45, 2.75) is 12.8 Å². The van der Waals surface area contributed by atoms with Crippen molar-refractivity contribution in [1.82, 2.24) is 10.6 Å². The Balaban J connectivity index is 0.000000442. The largest absolute Gasteiger partial charge is 0.504 e. The molecule has 8 N–H and O–H groups in total. The average molecular weight is 432 g/mol. The van der Waals surface area contributed by atoms with Crippen LogP contribution >= 0.6 is 0 Å². The molecule has 0 atom stereocenters. The van der Waals surface area contributed by atoms with Crippen LogP contribution in [0, 0.1) is 0 Å². The second-order valence-corrected chi connectivity index (χ2v) is 6.70. The molecule has 0 aliphatic rings. The zero-order valence-corrected chi connectivity index (χ0v) is 17.0. The second kappa shape index (κ2) is 13.6. The molecule has 0 aliphatic heterocycles. The van der Waals surface area contributed by atoms with Crippen molar-refractivity contribution in [3.63, 3.8) is 0 Å². The summed E-state index contributed by atoms with van der Waals surface area (Å²) in [7, 11) is -0.916. The van der Waals surface area contributed by atoms with Gasteiger partial charge in [-0.1, -0.05) is 12.1 Å². The minimum Gasteiger partial charge on any atom is -0.504 e. The molecule has 0 aromatic heterocycles. The maximum atomic E-state index is 9.13. The summed E-state index contributed by atoms with van der Waals surface area (Å²) in [4.78, 5) is 0. The molecule has 10 nitrogen and oxygen atoms in total. The third-order valence-electron chi connectivity index (χ3n) is 3.41. The molecule has 0 amide bonds.